The van der Waals surface area contributed by atoms with E-state index < -0.39 is 10.8 Å². The highest BCUT2D eigenvalue weighted by Gasteiger charge is 2.24. The first-order valence-corrected chi connectivity index (χ1v) is 12.7. The molecule has 1 aliphatic heterocycles. The number of hydrogen-bond donors (Lipinski definition) is 1. The summed E-state index contributed by atoms with van der Waals surface area (Å²) < 4.78 is 5.64. The van der Waals surface area contributed by atoms with E-state index in [4.69, 9.17) is 16.0 Å². The maximum Gasteiger partial charge on any atom is 0.291 e. The number of anilines is 2. The van der Waals surface area contributed by atoms with Crippen molar-refractivity contribution in [3.8, 4) is 11.3 Å². The smallest absolute Gasteiger partial charge is 0.291 e. The molecule has 4 aromatic rings. The number of benzene rings is 2. The van der Waals surface area contributed by atoms with Gasteiger partial charge in [-0.3, -0.25) is 19.7 Å². The van der Waals surface area contributed by atoms with Crippen LogP contribution in [0.15, 0.2) is 76.5 Å². The molecule has 2 amide bonds. The first kappa shape index (κ1) is 24.5. The van der Waals surface area contributed by atoms with Gasteiger partial charge in [-0.25, -0.2) is 0 Å². The van der Waals surface area contributed by atoms with Crippen molar-refractivity contribution in [3.05, 3.63) is 97.9 Å². The van der Waals surface area contributed by atoms with Crippen molar-refractivity contribution in [2.45, 2.75) is 0 Å². The van der Waals surface area contributed by atoms with Crippen LogP contribution in [-0.4, -0.2) is 47.8 Å². The number of amides is 2. The molecule has 0 atom stereocenters. The molecule has 2 aromatic heterocycles. The Balaban J connectivity index is 1.21. The van der Waals surface area contributed by atoms with Crippen molar-refractivity contribution >= 4 is 51.8 Å². The van der Waals surface area contributed by atoms with Crippen LogP contribution in [0, 0.1) is 10.1 Å². The molecule has 0 radical (unpaired) electrons. The van der Waals surface area contributed by atoms with Gasteiger partial charge in [-0.15, -0.1) is 11.3 Å². The number of thiophene rings is 1. The van der Waals surface area contributed by atoms with Crippen molar-refractivity contribution in [1.29, 1.82) is 0 Å². The molecular weight excluding hydrogens is 516 g/mol. The number of nitro groups is 1. The molecule has 1 saturated heterocycles. The summed E-state index contributed by atoms with van der Waals surface area (Å²) in [6.07, 6.45) is 0. The van der Waals surface area contributed by atoms with E-state index in [1.54, 1.807) is 30.3 Å². The number of rotatable bonds is 6. The first-order chi connectivity index (χ1) is 17.9. The fraction of sp³-hybridized carbons (Fsp3) is 0.154. The Kier molecular flexibility index (Phi) is 6.93. The van der Waals surface area contributed by atoms with Gasteiger partial charge in [-0.2, -0.15) is 0 Å². The number of non-ortho nitro benzene ring substituents is 1. The fourth-order valence-corrected chi connectivity index (χ4v) is 5.12. The van der Waals surface area contributed by atoms with Gasteiger partial charge in [-0.05, 0) is 41.8 Å². The van der Waals surface area contributed by atoms with Crippen LogP contribution in [0.25, 0.3) is 11.3 Å². The van der Waals surface area contributed by atoms with E-state index >= 15 is 0 Å². The summed E-state index contributed by atoms with van der Waals surface area (Å²) in [6, 6.07) is 18.1. The number of nitrogens with one attached hydrogen (secondary N) is 1. The standard InChI is InChI=1S/C26H21ClN4O5S/c27-20-16-18(6-7-21(20)29-10-12-30(13-11-29)26(33)24-5-2-14-37-24)28-25(32)23-9-8-22(36-23)17-3-1-4-19(15-17)31(34)35/h1-9,14-16H,10-13H2,(H,28,32). The van der Waals surface area contributed by atoms with Crippen LogP contribution < -0.4 is 10.2 Å². The number of piperazine rings is 1. The summed E-state index contributed by atoms with van der Waals surface area (Å²) in [6.45, 7) is 2.48. The van der Waals surface area contributed by atoms with E-state index in [1.165, 1.54) is 29.5 Å². The van der Waals surface area contributed by atoms with Crippen LogP contribution >= 0.6 is 22.9 Å². The molecule has 3 heterocycles. The zero-order chi connectivity index (χ0) is 25.9. The Bertz CT molecular complexity index is 1460. The van der Waals surface area contributed by atoms with Crippen molar-refractivity contribution in [2.24, 2.45) is 0 Å². The molecule has 37 heavy (non-hydrogen) atoms. The summed E-state index contributed by atoms with van der Waals surface area (Å²) in [5, 5.41) is 16.2. The Morgan fingerprint density at radius 3 is 2.51 bits per heavy atom. The van der Waals surface area contributed by atoms with Crippen molar-refractivity contribution < 1.29 is 18.9 Å². The molecular formula is C26H21ClN4O5S. The largest absolute Gasteiger partial charge is 0.451 e. The molecule has 188 valence electrons. The third-order valence-electron chi connectivity index (χ3n) is 6.02. The van der Waals surface area contributed by atoms with E-state index in [1.807, 2.05) is 28.5 Å². The van der Waals surface area contributed by atoms with Gasteiger partial charge >= 0.3 is 0 Å². The highest BCUT2D eigenvalue weighted by molar-refractivity contribution is 7.12. The van der Waals surface area contributed by atoms with Gasteiger partial charge in [0, 0.05) is 49.6 Å². The van der Waals surface area contributed by atoms with Gasteiger partial charge in [0.25, 0.3) is 17.5 Å². The van der Waals surface area contributed by atoms with Crippen LogP contribution in [0.4, 0.5) is 17.1 Å². The summed E-state index contributed by atoms with van der Waals surface area (Å²) in [5.41, 5.74) is 1.76. The molecule has 11 heteroatoms. The highest BCUT2D eigenvalue weighted by atomic mass is 35.5. The molecule has 0 bridgehead atoms. The zero-order valence-corrected chi connectivity index (χ0v) is 21.0. The number of halogens is 1. The number of hydrogen-bond acceptors (Lipinski definition) is 7. The average Bonchev–Trinajstić information content (AvgIpc) is 3.62. The normalized spacial score (nSPS) is 13.4. The SMILES string of the molecule is O=C(Nc1ccc(N2CCN(C(=O)c3cccs3)CC2)c(Cl)c1)c1ccc(-c2cccc([N+](=O)[O-])c2)o1. The molecule has 0 saturated carbocycles. The van der Waals surface area contributed by atoms with Crippen LogP contribution in [-0.2, 0) is 0 Å². The molecule has 2 aromatic carbocycles. The van der Waals surface area contributed by atoms with E-state index in [2.05, 4.69) is 10.2 Å². The summed E-state index contributed by atoms with van der Waals surface area (Å²) in [4.78, 5) is 40.5. The lowest BCUT2D eigenvalue weighted by Crippen LogP contribution is -2.48. The first-order valence-electron chi connectivity index (χ1n) is 11.4. The van der Waals surface area contributed by atoms with Gasteiger partial charge < -0.3 is 19.5 Å². The molecule has 1 fully saturated rings. The maximum atomic E-state index is 12.7. The number of nitro benzene ring substituents is 1. The van der Waals surface area contributed by atoms with Gasteiger partial charge in [0.05, 0.1) is 20.5 Å². The molecule has 1 aliphatic rings. The topological polar surface area (TPSA) is 109 Å². The van der Waals surface area contributed by atoms with Gasteiger partial charge in [-0.1, -0.05) is 29.8 Å². The summed E-state index contributed by atoms with van der Waals surface area (Å²) in [7, 11) is 0. The van der Waals surface area contributed by atoms with Gasteiger partial charge in [0.1, 0.15) is 5.76 Å². The molecule has 1 N–H and O–H groups in total. The average molecular weight is 537 g/mol. The Morgan fingerprint density at radius 2 is 1.81 bits per heavy atom. The summed E-state index contributed by atoms with van der Waals surface area (Å²) in [5.74, 6) is -0.0150. The van der Waals surface area contributed by atoms with Crippen LogP contribution in [0.1, 0.15) is 20.2 Å². The highest BCUT2D eigenvalue weighted by Crippen LogP contribution is 2.31. The molecule has 9 nitrogen and oxygen atoms in total. The minimum absolute atomic E-state index is 0.0466. The van der Waals surface area contributed by atoms with Crippen molar-refractivity contribution in [2.75, 3.05) is 36.4 Å². The van der Waals surface area contributed by atoms with Gasteiger partial charge in [0.2, 0.25) is 0 Å². The molecule has 0 spiro atoms. The monoisotopic (exact) mass is 536 g/mol. The number of nitrogens with zero attached hydrogens (tertiary/aromatic N) is 3. The lowest BCUT2D eigenvalue weighted by molar-refractivity contribution is -0.384. The molecule has 0 aliphatic carbocycles. The second-order valence-electron chi connectivity index (χ2n) is 8.35. The predicted molar refractivity (Wildman–Crippen MR) is 143 cm³/mol. The third kappa shape index (κ3) is 5.35. The quantitative estimate of drug-likeness (QED) is 0.247. The fourth-order valence-electron chi connectivity index (χ4n) is 4.13. The Morgan fingerprint density at radius 1 is 1.00 bits per heavy atom. The second kappa shape index (κ2) is 10.5. The molecule has 5 rings (SSSR count). The van der Waals surface area contributed by atoms with Crippen LogP contribution in [0.2, 0.25) is 5.02 Å². The van der Waals surface area contributed by atoms with Crippen molar-refractivity contribution in [1.82, 2.24) is 4.90 Å². The van der Waals surface area contributed by atoms with E-state index in [0.717, 1.165) is 10.6 Å². The minimum atomic E-state index is -0.488. The lowest BCUT2D eigenvalue weighted by atomic mass is 10.1. The maximum absolute atomic E-state index is 12.7. The van der Waals surface area contributed by atoms with Crippen LogP contribution in [0.3, 0.4) is 0 Å². The third-order valence-corrected chi connectivity index (χ3v) is 7.18. The number of carbonyl (C=O) groups is 2. The van der Waals surface area contributed by atoms with E-state index in [0.29, 0.717) is 48.2 Å². The van der Waals surface area contributed by atoms with Gasteiger partial charge in [0.15, 0.2) is 5.76 Å². The second-order valence-corrected chi connectivity index (χ2v) is 9.70. The Labute approximate surface area is 221 Å². The van der Waals surface area contributed by atoms with E-state index in [-0.39, 0.29) is 17.4 Å². The number of furan rings is 1. The van der Waals surface area contributed by atoms with E-state index in [9.17, 15) is 19.7 Å². The summed E-state index contributed by atoms with van der Waals surface area (Å²) >= 11 is 7.99. The molecule has 0 unspecified atom stereocenters. The predicted octanol–water partition coefficient (Wildman–Crippen LogP) is 5.78. The lowest BCUT2D eigenvalue weighted by Gasteiger charge is -2.36. The Hall–Kier alpha value is -4.15. The van der Waals surface area contributed by atoms with Crippen LogP contribution in [0.5, 0.6) is 0 Å². The zero-order valence-electron chi connectivity index (χ0n) is 19.4. The van der Waals surface area contributed by atoms with Crippen molar-refractivity contribution in [3.63, 3.8) is 0 Å². The number of carbonyl (C=O) groups excluding carboxylic acids is 2. The minimum Gasteiger partial charge on any atom is -0.451 e.